The molecule has 2 heterocycles. The molecular formula is C15H26N2O3. The highest BCUT2D eigenvalue weighted by Crippen LogP contribution is 2.35. The first kappa shape index (κ1) is 15.3. The van der Waals surface area contributed by atoms with Gasteiger partial charge in [0, 0.05) is 13.1 Å². The molecule has 2 N–H and O–H groups in total. The van der Waals surface area contributed by atoms with Gasteiger partial charge in [-0.05, 0) is 44.6 Å². The van der Waals surface area contributed by atoms with Gasteiger partial charge in [-0.3, -0.25) is 9.59 Å². The standard InChI is InChI=1S/C15H26N2O3/c1-3-15(14(19)20)5-8-17(9-6-15)13(18)12-10-11(2)4-7-16-12/h11-12,16H,3-10H2,1-2H3,(H,19,20). The minimum absolute atomic E-state index is 0.0716. The molecule has 0 spiro atoms. The summed E-state index contributed by atoms with van der Waals surface area (Å²) in [5.41, 5.74) is -0.621. The van der Waals surface area contributed by atoms with E-state index in [-0.39, 0.29) is 11.9 Å². The monoisotopic (exact) mass is 282 g/mol. The molecule has 0 aromatic rings. The molecule has 2 atom stereocenters. The molecule has 2 saturated heterocycles. The third-order valence-corrected chi connectivity index (χ3v) is 5.13. The number of amides is 1. The Morgan fingerprint density at radius 1 is 1.35 bits per heavy atom. The molecular weight excluding hydrogens is 256 g/mol. The molecule has 5 heteroatoms. The van der Waals surface area contributed by atoms with Crippen molar-refractivity contribution in [3.63, 3.8) is 0 Å². The summed E-state index contributed by atoms with van der Waals surface area (Å²) in [6, 6.07) is -0.0716. The van der Waals surface area contributed by atoms with Gasteiger partial charge in [0.2, 0.25) is 5.91 Å². The lowest BCUT2D eigenvalue weighted by Gasteiger charge is -2.40. The molecule has 0 aromatic carbocycles. The molecule has 114 valence electrons. The zero-order chi connectivity index (χ0) is 14.8. The number of aliphatic carboxylic acids is 1. The third-order valence-electron chi connectivity index (χ3n) is 5.13. The van der Waals surface area contributed by atoms with Crippen LogP contribution >= 0.6 is 0 Å². The van der Waals surface area contributed by atoms with E-state index in [2.05, 4.69) is 12.2 Å². The van der Waals surface area contributed by atoms with Crippen molar-refractivity contribution in [2.24, 2.45) is 11.3 Å². The van der Waals surface area contributed by atoms with E-state index in [0.717, 1.165) is 19.4 Å². The van der Waals surface area contributed by atoms with Crippen molar-refractivity contribution < 1.29 is 14.7 Å². The molecule has 5 nitrogen and oxygen atoms in total. The number of nitrogens with one attached hydrogen (secondary N) is 1. The second kappa shape index (κ2) is 6.12. The van der Waals surface area contributed by atoms with Crippen molar-refractivity contribution in [2.75, 3.05) is 19.6 Å². The molecule has 20 heavy (non-hydrogen) atoms. The van der Waals surface area contributed by atoms with Crippen LogP contribution in [-0.4, -0.2) is 47.6 Å². The lowest BCUT2D eigenvalue weighted by Crippen LogP contribution is -2.54. The Labute approximate surface area is 120 Å². The molecule has 2 aliphatic heterocycles. The minimum atomic E-state index is -0.712. The Balaban J connectivity index is 1.93. The average Bonchev–Trinajstić information content (AvgIpc) is 2.46. The highest BCUT2D eigenvalue weighted by Gasteiger charge is 2.41. The van der Waals surface area contributed by atoms with Crippen LogP contribution < -0.4 is 5.32 Å². The van der Waals surface area contributed by atoms with Gasteiger partial charge in [0.1, 0.15) is 0 Å². The second-order valence-electron chi connectivity index (χ2n) is 6.40. The Morgan fingerprint density at radius 2 is 2.00 bits per heavy atom. The van der Waals surface area contributed by atoms with E-state index >= 15 is 0 Å². The van der Waals surface area contributed by atoms with Crippen molar-refractivity contribution in [2.45, 2.75) is 52.0 Å². The maximum atomic E-state index is 12.5. The van der Waals surface area contributed by atoms with E-state index in [1.807, 2.05) is 11.8 Å². The topological polar surface area (TPSA) is 69.6 Å². The van der Waals surface area contributed by atoms with Gasteiger partial charge in [0.25, 0.3) is 0 Å². The fourth-order valence-electron chi connectivity index (χ4n) is 3.39. The molecule has 0 aliphatic carbocycles. The largest absolute Gasteiger partial charge is 0.481 e. The predicted molar refractivity (Wildman–Crippen MR) is 76.4 cm³/mol. The van der Waals surface area contributed by atoms with Crippen molar-refractivity contribution >= 4 is 11.9 Å². The zero-order valence-electron chi connectivity index (χ0n) is 12.5. The van der Waals surface area contributed by atoms with E-state index in [0.29, 0.717) is 38.3 Å². The van der Waals surface area contributed by atoms with Crippen LogP contribution in [0, 0.1) is 11.3 Å². The summed E-state index contributed by atoms with van der Waals surface area (Å²) >= 11 is 0. The maximum Gasteiger partial charge on any atom is 0.309 e. The number of piperidine rings is 2. The number of carbonyl (C=O) groups is 2. The zero-order valence-corrected chi connectivity index (χ0v) is 12.5. The highest BCUT2D eigenvalue weighted by atomic mass is 16.4. The number of carbonyl (C=O) groups excluding carboxylic acids is 1. The van der Waals surface area contributed by atoms with E-state index in [1.54, 1.807) is 0 Å². The summed E-state index contributed by atoms with van der Waals surface area (Å²) in [6.07, 6.45) is 3.82. The number of likely N-dealkylation sites (tertiary alicyclic amines) is 1. The fraction of sp³-hybridized carbons (Fsp3) is 0.867. The molecule has 0 bridgehead atoms. The van der Waals surface area contributed by atoms with E-state index in [9.17, 15) is 14.7 Å². The second-order valence-corrected chi connectivity index (χ2v) is 6.40. The Morgan fingerprint density at radius 3 is 2.50 bits per heavy atom. The number of rotatable bonds is 3. The summed E-state index contributed by atoms with van der Waals surface area (Å²) in [4.78, 5) is 25.8. The quantitative estimate of drug-likeness (QED) is 0.822. The van der Waals surface area contributed by atoms with Crippen LogP contribution in [0.1, 0.15) is 46.0 Å². The van der Waals surface area contributed by atoms with Crippen LogP contribution in [0.3, 0.4) is 0 Å². The van der Waals surface area contributed by atoms with Gasteiger partial charge in [0.05, 0.1) is 11.5 Å². The van der Waals surface area contributed by atoms with Crippen LogP contribution in [0.25, 0.3) is 0 Å². The molecule has 2 rings (SSSR count). The SMILES string of the molecule is CCC1(C(=O)O)CCN(C(=O)C2CC(C)CCN2)CC1. The Bertz CT molecular complexity index is 375. The van der Waals surface area contributed by atoms with Gasteiger partial charge in [-0.2, -0.15) is 0 Å². The van der Waals surface area contributed by atoms with E-state index < -0.39 is 11.4 Å². The molecule has 0 aromatic heterocycles. The summed E-state index contributed by atoms with van der Waals surface area (Å²) in [7, 11) is 0. The summed E-state index contributed by atoms with van der Waals surface area (Å²) in [5, 5.41) is 12.7. The molecule has 0 saturated carbocycles. The molecule has 2 aliphatic rings. The van der Waals surface area contributed by atoms with Crippen molar-refractivity contribution in [1.29, 1.82) is 0 Å². The smallest absolute Gasteiger partial charge is 0.309 e. The first-order chi connectivity index (χ1) is 9.48. The normalized spacial score (nSPS) is 30.0. The molecule has 2 unspecified atom stereocenters. The van der Waals surface area contributed by atoms with Crippen LogP contribution in [0.4, 0.5) is 0 Å². The van der Waals surface area contributed by atoms with Crippen LogP contribution in [-0.2, 0) is 9.59 Å². The summed E-state index contributed by atoms with van der Waals surface area (Å²) < 4.78 is 0. The predicted octanol–water partition coefficient (Wildman–Crippen LogP) is 1.48. The highest BCUT2D eigenvalue weighted by molar-refractivity contribution is 5.82. The average molecular weight is 282 g/mol. The van der Waals surface area contributed by atoms with Crippen LogP contribution in [0.5, 0.6) is 0 Å². The fourth-order valence-corrected chi connectivity index (χ4v) is 3.39. The Kier molecular flexibility index (Phi) is 4.68. The number of carboxylic acids is 1. The third kappa shape index (κ3) is 2.97. The molecule has 2 fully saturated rings. The summed E-state index contributed by atoms with van der Waals surface area (Å²) in [5.74, 6) is 0.0342. The Hall–Kier alpha value is -1.10. The van der Waals surface area contributed by atoms with Crippen molar-refractivity contribution in [3.05, 3.63) is 0 Å². The van der Waals surface area contributed by atoms with Gasteiger partial charge >= 0.3 is 5.97 Å². The van der Waals surface area contributed by atoms with Crippen LogP contribution in [0.2, 0.25) is 0 Å². The molecule has 0 radical (unpaired) electrons. The lowest BCUT2D eigenvalue weighted by molar-refractivity contribution is -0.155. The van der Waals surface area contributed by atoms with Gasteiger partial charge < -0.3 is 15.3 Å². The van der Waals surface area contributed by atoms with E-state index in [1.165, 1.54) is 0 Å². The van der Waals surface area contributed by atoms with Gasteiger partial charge in [-0.25, -0.2) is 0 Å². The first-order valence-corrected chi connectivity index (χ1v) is 7.74. The maximum absolute atomic E-state index is 12.5. The number of hydrogen-bond acceptors (Lipinski definition) is 3. The minimum Gasteiger partial charge on any atom is -0.481 e. The van der Waals surface area contributed by atoms with Crippen LogP contribution in [0.15, 0.2) is 0 Å². The van der Waals surface area contributed by atoms with Crippen molar-refractivity contribution in [1.82, 2.24) is 10.2 Å². The van der Waals surface area contributed by atoms with Gasteiger partial charge in [-0.1, -0.05) is 13.8 Å². The molecule has 1 amide bonds. The number of carboxylic acid groups (broad SMARTS) is 1. The van der Waals surface area contributed by atoms with Gasteiger partial charge in [0.15, 0.2) is 0 Å². The van der Waals surface area contributed by atoms with Gasteiger partial charge in [-0.15, -0.1) is 0 Å². The number of nitrogens with zero attached hydrogens (tertiary/aromatic N) is 1. The van der Waals surface area contributed by atoms with E-state index in [4.69, 9.17) is 0 Å². The first-order valence-electron chi connectivity index (χ1n) is 7.74. The number of hydrogen-bond donors (Lipinski definition) is 2. The van der Waals surface area contributed by atoms with Crippen molar-refractivity contribution in [3.8, 4) is 0 Å². The summed E-state index contributed by atoms with van der Waals surface area (Å²) in [6.45, 7) is 6.16. The lowest BCUT2D eigenvalue weighted by atomic mass is 9.76.